The van der Waals surface area contributed by atoms with Gasteiger partial charge in [0.1, 0.15) is 11.4 Å². The molecule has 30 heavy (non-hydrogen) atoms. The molecular weight excluding hydrogens is 378 g/mol. The van der Waals surface area contributed by atoms with E-state index in [2.05, 4.69) is 25.8 Å². The Balaban J connectivity index is 1.36. The molecule has 2 fully saturated rings. The smallest absolute Gasteiger partial charge is 0.315 e. The molecule has 2 aliphatic rings. The van der Waals surface area contributed by atoms with Gasteiger partial charge in [0.15, 0.2) is 0 Å². The third kappa shape index (κ3) is 4.72. The van der Waals surface area contributed by atoms with Gasteiger partial charge in [-0.3, -0.25) is 4.79 Å². The van der Waals surface area contributed by atoms with E-state index in [4.69, 9.17) is 0 Å². The molecule has 0 spiro atoms. The first-order valence-corrected chi connectivity index (χ1v) is 10.8. The molecule has 3 amide bonds. The van der Waals surface area contributed by atoms with E-state index in [1.807, 2.05) is 42.5 Å². The highest BCUT2D eigenvalue weighted by Gasteiger charge is 2.42. The van der Waals surface area contributed by atoms with E-state index in [1.165, 1.54) is 12.8 Å². The van der Waals surface area contributed by atoms with Crippen LogP contribution in [0.5, 0.6) is 0 Å². The number of nitrogens with one attached hydrogen (secondary N) is 3. The number of carbonyl (C=O) groups excluding carboxylic acids is 2. The molecule has 1 aromatic heterocycles. The molecule has 1 aliphatic heterocycles. The van der Waals surface area contributed by atoms with Crippen LogP contribution in [0.4, 0.5) is 16.3 Å². The van der Waals surface area contributed by atoms with E-state index in [0.29, 0.717) is 25.1 Å². The van der Waals surface area contributed by atoms with Crippen LogP contribution in [0.25, 0.3) is 0 Å². The van der Waals surface area contributed by atoms with Gasteiger partial charge >= 0.3 is 6.03 Å². The fraction of sp³-hybridized carbons (Fsp3) is 0.435. The number of amides is 3. The molecule has 3 N–H and O–H groups in total. The second-order valence-electron chi connectivity index (χ2n) is 8.14. The fourth-order valence-corrected chi connectivity index (χ4v) is 4.27. The Bertz CT molecular complexity index is 857. The molecule has 1 aliphatic carbocycles. The van der Waals surface area contributed by atoms with Crippen molar-refractivity contribution in [3.8, 4) is 0 Å². The van der Waals surface area contributed by atoms with Gasteiger partial charge in [0.25, 0.3) is 0 Å². The topological polar surface area (TPSA) is 86.4 Å². The first kappa shape index (κ1) is 20.2. The van der Waals surface area contributed by atoms with Crippen LogP contribution in [0.1, 0.15) is 44.1 Å². The van der Waals surface area contributed by atoms with Crippen LogP contribution in [0.2, 0.25) is 0 Å². The third-order valence-corrected chi connectivity index (χ3v) is 5.98. The molecule has 0 bridgehead atoms. The Labute approximate surface area is 177 Å². The number of rotatable bonds is 6. The van der Waals surface area contributed by atoms with Crippen molar-refractivity contribution in [3.05, 3.63) is 54.2 Å². The van der Waals surface area contributed by atoms with Gasteiger partial charge in [-0.25, -0.2) is 9.78 Å². The quantitative estimate of drug-likeness (QED) is 0.685. The summed E-state index contributed by atoms with van der Waals surface area (Å²) in [6.45, 7) is 2.49. The summed E-state index contributed by atoms with van der Waals surface area (Å²) >= 11 is 0. The zero-order chi connectivity index (χ0) is 20.8. The van der Waals surface area contributed by atoms with Gasteiger partial charge in [-0.1, -0.05) is 43.2 Å². The minimum atomic E-state index is -0.881. The maximum atomic E-state index is 13.1. The number of carbonyl (C=O) groups is 2. The van der Waals surface area contributed by atoms with Crippen molar-refractivity contribution in [2.45, 2.75) is 50.6 Å². The first-order valence-electron chi connectivity index (χ1n) is 10.8. The minimum absolute atomic E-state index is 0.175. The summed E-state index contributed by atoms with van der Waals surface area (Å²) in [5.41, 5.74) is 0.788. The number of aromatic nitrogens is 1. The Morgan fingerprint density at radius 2 is 1.70 bits per heavy atom. The molecule has 2 aromatic rings. The average Bonchev–Trinajstić information content (AvgIpc) is 3.47. The van der Waals surface area contributed by atoms with E-state index in [0.717, 1.165) is 37.3 Å². The predicted molar refractivity (Wildman–Crippen MR) is 117 cm³/mol. The van der Waals surface area contributed by atoms with Gasteiger partial charge < -0.3 is 20.9 Å². The number of urea groups is 1. The summed E-state index contributed by atoms with van der Waals surface area (Å²) in [6.07, 6.45) is 7.19. The zero-order valence-corrected chi connectivity index (χ0v) is 17.2. The lowest BCUT2D eigenvalue weighted by molar-refractivity contribution is -0.121. The monoisotopic (exact) mass is 407 g/mol. The van der Waals surface area contributed by atoms with Crippen molar-refractivity contribution in [1.82, 2.24) is 15.6 Å². The predicted octanol–water partition coefficient (Wildman–Crippen LogP) is 3.43. The van der Waals surface area contributed by atoms with E-state index in [1.54, 1.807) is 6.20 Å². The summed E-state index contributed by atoms with van der Waals surface area (Å²) in [5, 5.41) is 8.77. The lowest BCUT2D eigenvalue weighted by atomic mass is 9.96. The minimum Gasteiger partial charge on any atom is -0.357 e. The van der Waals surface area contributed by atoms with Crippen LogP contribution in [0, 0.1) is 0 Å². The zero-order valence-electron chi connectivity index (χ0n) is 17.2. The lowest BCUT2D eigenvalue weighted by Gasteiger charge is -2.29. The van der Waals surface area contributed by atoms with Gasteiger partial charge in [-0.15, -0.1) is 0 Å². The van der Waals surface area contributed by atoms with Crippen molar-refractivity contribution >= 4 is 23.4 Å². The number of nitrogens with zero attached hydrogens (tertiary/aromatic N) is 2. The molecule has 7 nitrogen and oxygen atoms in total. The second kappa shape index (κ2) is 9.15. The van der Waals surface area contributed by atoms with Crippen molar-refractivity contribution in [3.63, 3.8) is 0 Å². The number of pyridine rings is 1. The normalized spacial score (nSPS) is 17.5. The Morgan fingerprint density at radius 1 is 0.967 bits per heavy atom. The molecule has 0 unspecified atom stereocenters. The van der Waals surface area contributed by atoms with Crippen molar-refractivity contribution in [2.75, 3.05) is 23.3 Å². The van der Waals surface area contributed by atoms with Gasteiger partial charge in [0.2, 0.25) is 5.91 Å². The van der Waals surface area contributed by atoms with Gasteiger partial charge in [-0.2, -0.15) is 0 Å². The molecule has 0 atom stereocenters. The van der Waals surface area contributed by atoms with Gasteiger partial charge in [-0.05, 0) is 43.4 Å². The largest absolute Gasteiger partial charge is 0.357 e. The van der Waals surface area contributed by atoms with Crippen LogP contribution in [0.15, 0.2) is 48.7 Å². The lowest BCUT2D eigenvalue weighted by Crippen LogP contribution is -2.57. The molecule has 1 saturated heterocycles. The standard InChI is InChI=1S/C23H29N5O2/c29-21(26-19-10-11-20(24-17-19)28-14-6-7-15-28)23(12-4-5-13-23)27-22(30)25-16-18-8-2-1-3-9-18/h1-3,8-11,17H,4-7,12-16H2,(H,26,29)(H2,25,27,30). The molecule has 1 aromatic carbocycles. The third-order valence-electron chi connectivity index (χ3n) is 5.98. The number of hydrogen-bond acceptors (Lipinski definition) is 4. The average molecular weight is 408 g/mol. The molecule has 1 saturated carbocycles. The highest BCUT2D eigenvalue weighted by Crippen LogP contribution is 2.31. The Morgan fingerprint density at radius 3 is 2.37 bits per heavy atom. The maximum absolute atomic E-state index is 13.1. The van der Waals surface area contributed by atoms with Gasteiger partial charge in [0, 0.05) is 19.6 Å². The van der Waals surface area contributed by atoms with E-state index in [9.17, 15) is 9.59 Å². The van der Waals surface area contributed by atoms with Crippen molar-refractivity contribution in [2.24, 2.45) is 0 Å². The number of hydrogen-bond donors (Lipinski definition) is 3. The highest BCUT2D eigenvalue weighted by molar-refractivity contribution is 6.00. The number of benzene rings is 1. The van der Waals surface area contributed by atoms with Crippen LogP contribution in [0.3, 0.4) is 0 Å². The SMILES string of the molecule is O=C(NCc1ccccc1)NC1(C(=O)Nc2ccc(N3CCCC3)nc2)CCCC1. The van der Waals surface area contributed by atoms with E-state index < -0.39 is 5.54 Å². The van der Waals surface area contributed by atoms with Crippen molar-refractivity contribution in [1.29, 1.82) is 0 Å². The van der Waals surface area contributed by atoms with Gasteiger partial charge in [0.05, 0.1) is 11.9 Å². The summed E-state index contributed by atoms with van der Waals surface area (Å²) < 4.78 is 0. The summed E-state index contributed by atoms with van der Waals surface area (Å²) in [5.74, 6) is 0.769. The fourth-order valence-electron chi connectivity index (χ4n) is 4.27. The van der Waals surface area contributed by atoms with Crippen LogP contribution in [-0.2, 0) is 11.3 Å². The molecule has 2 heterocycles. The maximum Gasteiger partial charge on any atom is 0.315 e. The van der Waals surface area contributed by atoms with Crippen molar-refractivity contribution < 1.29 is 9.59 Å². The van der Waals surface area contributed by atoms with Crippen LogP contribution < -0.4 is 20.9 Å². The summed E-state index contributed by atoms with van der Waals surface area (Å²) in [7, 11) is 0. The summed E-state index contributed by atoms with van der Waals surface area (Å²) in [4.78, 5) is 32.4. The van der Waals surface area contributed by atoms with Crippen LogP contribution in [-0.4, -0.2) is 35.6 Å². The molecule has 4 rings (SSSR count). The molecule has 7 heteroatoms. The Hall–Kier alpha value is -3.09. The summed E-state index contributed by atoms with van der Waals surface area (Å²) in [6, 6.07) is 13.2. The highest BCUT2D eigenvalue weighted by atomic mass is 16.2. The molecule has 0 radical (unpaired) electrons. The first-order chi connectivity index (χ1) is 14.6. The van der Waals surface area contributed by atoms with E-state index in [-0.39, 0.29) is 11.9 Å². The second-order valence-corrected chi connectivity index (χ2v) is 8.14. The molecular formula is C23H29N5O2. The Kier molecular flexibility index (Phi) is 6.16. The van der Waals surface area contributed by atoms with E-state index >= 15 is 0 Å². The van der Waals surface area contributed by atoms with Crippen LogP contribution >= 0.6 is 0 Å². The number of anilines is 2. The molecule has 158 valence electrons.